The second-order valence-corrected chi connectivity index (χ2v) is 12.5. The van der Waals surface area contributed by atoms with E-state index in [0.717, 1.165) is 5.92 Å². The SMILES string of the molecule is BrS(c1ccccc1)(c1ccccc1)c1ccc(C2CCCCC2)cc1. The normalized spacial score (nSPS) is 16.3. The van der Waals surface area contributed by atoms with Crippen LogP contribution >= 0.6 is 23.3 Å². The lowest BCUT2D eigenvalue weighted by Crippen LogP contribution is -2.04. The standard InChI is InChI=1S/C24H25BrS/c25-26(22-12-6-2-7-13-22,23-14-8-3-9-15-23)24-18-16-21(17-19-24)20-10-4-1-5-11-20/h2-3,6-9,12-20H,1,4-5,10-11H2. The lowest BCUT2D eigenvalue weighted by Gasteiger charge is -2.35. The first-order valence-corrected chi connectivity index (χ1v) is 13.0. The van der Waals surface area contributed by atoms with Gasteiger partial charge in [-0.1, -0.05) is 67.8 Å². The summed E-state index contributed by atoms with van der Waals surface area (Å²) < 4.78 is 0. The van der Waals surface area contributed by atoms with Gasteiger partial charge in [-0.3, -0.25) is 0 Å². The fourth-order valence-corrected chi connectivity index (χ4v) is 8.32. The van der Waals surface area contributed by atoms with Gasteiger partial charge in [0.25, 0.3) is 0 Å². The average Bonchev–Trinajstić information content (AvgIpc) is 2.75. The second kappa shape index (κ2) is 8.02. The number of halogens is 1. The van der Waals surface area contributed by atoms with Crippen molar-refractivity contribution in [2.75, 3.05) is 0 Å². The molecule has 0 bridgehead atoms. The molecule has 26 heavy (non-hydrogen) atoms. The molecule has 0 saturated heterocycles. The van der Waals surface area contributed by atoms with Crippen molar-refractivity contribution in [3.63, 3.8) is 0 Å². The first-order chi connectivity index (χ1) is 12.8. The molecule has 1 aliphatic rings. The molecule has 0 atom stereocenters. The van der Waals surface area contributed by atoms with E-state index in [1.165, 1.54) is 52.4 Å². The topological polar surface area (TPSA) is 0 Å². The zero-order chi connectivity index (χ0) is 17.8. The van der Waals surface area contributed by atoms with Crippen molar-refractivity contribution in [2.24, 2.45) is 0 Å². The molecule has 2 heteroatoms. The molecule has 0 N–H and O–H groups in total. The quantitative estimate of drug-likeness (QED) is 0.394. The van der Waals surface area contributed by atoms with Crippen molar-refractivity contribution in [3.05, 3.63) is 90.5 Å². The van der Waals surface area contributed by atoms with Gasteiger partial charge in [-0.25, -0.2) is 0 Å². The Labute approximate surface area is 166 Å². The lowest BCUT2D eigenvalue weighted by molar-refractivity contribution is 0.443. The molecule has 0 aromatic heterocycles. The Balaban J connectivity index is 1.75. The summed E-state index contributed by atoms with van der Waals surface area (Å²) in [5.41, 5.74) is 1.52. The van der Waals surface area contributed by atoms with Crippen LogP contribution in [0, 0.1) is 0 Å². The minimum Gasteiger partial charge on any atom is -0.101 e. The summed E-state index contributed by atoms with van der Waals surface area (Å²) in [7, 11) is -1.41. The molecule has 0 amide bonds. The van der Waals surface area contributed by atoms with Crippen LogP contribution < -0.4 is 0 Å². The van der Waals surface area contributed by atoms with Crippen LogP contribution in [0.5, 0.6) is 0 Å². The van der Waals surface area contributed by atoms with E-state index in [-0.39, 0.29) is 0 Å². The van der Waals surface area contributed by atoms with Gasteiger partial charge in [0, 0.05) is 14.7 Å². The zero-order valence-corrected chi connectivity index (χ0v) is 17.4. The molecule has 0 unspecified atom stereocenters. The fourth-order valence-electron chi connectivity index (χ4n) is 3.99. The molecule has 134 valence electrons. The largest absolute Gasteiger partial charge is 0.101 e. The third-order valence-electron chi connectivity index (χ3n) is 5.42. The van der Waals surface area contributed by atoms with Crippen molar-refractivity contribution in [1.82, 2.24) is 0 Å². The molecular formula is C24H25BrS. The summed E-state index contributed by atoms with van der Waals surface area (Å²) in [6, 6.07) is 31.2. The fraction of sp³-hybridized carbons (Fsp3) is 0.250. The van der Waals surface area contributed by atoms with Gasteiger partial charge in [-0.2, -0.15) is 0 Å². The van der Waals surface area contributed by atoms with Gasteiger partial charge in [-0.05, 0) is 75.5 Å². The summed E-state index contributed by atoms with van der Waals surface area (Å²) in [6.45, 7) is 0. The van der Waals surface area contributed by atoms with Gasteiger partial charge in [0.1, 0.15) is 0 Å². The number of hydrogen-bond donors (Lipinski definition) is 0. The van der Waals surface area contributed by atoms with Crippen molar-refractivity contribution < 1.29 is 0 Å². The highest BCUT2D eigenvalue weighted by molar-refractivity contribution is 9.58. The molecule has 0 spiro atoms. The van der Waals surface area contributed by atoms with Crippen LogP contribution in [0.25, 0.3) is 0 Å². The Bertz CT molecular complexity index is 782. The van der Waals surface area contributed by atoms with Gasteiger partial charge >= 0.3 is 0 Å². The van der Waals surface area contributed by atoms with Gasteiger partial charge in [-0.15, -0.1) is 8.46 Å². The van der Waals surface area contributed by atoms with E-state index in [2.05, 4.69) is 99.7 Å². The van der Waals surface area contributed by atoms with Crippen molar-refractivity contribution >= 4 is 23.3 Å². The molecule has 0 radical (unpaired) electrons. The summed E-state index contributed by atoms with van der Waals surface area (Å²) >= 11 is 4.21. The van der Waals surface area contributed by atoms with Gasteiger partial charge < -0.3 is 0 Å². The summed E-state index contributed by atoms with van der Waals surface area (Å²) in [5, 5.41) is 0. The number of rotatable bonds is 4. The first-order valence-electron chi connectivity index (χ1n) is 9.51. The average molecular weight is 425 g/mol. The Hall–Kier alpha value is -1.51. The molecule has 3 aromatic rings. The Morgan fingerprint density at radius 2 is 1.04 bits per heavy atom. The minimum absolute atomic E-state index is 0.756. The predicted octanol–water partition coefficient (Wildman–Crippen LogP) is 8.33. The molecule has 1 fully saturated rings. The smallest absolute Gasteiger partial charge is 0.00785 e. The van der Waals surface area contributed by atoms with E-state index < -0.39 is 8.46 Å². The van der Waals surface area contributed by atoms with Crippen LogP contribution in [0.2, 0.25) is 0 Å². The second-order valence-electron chi connectivity index (χ2n) is 7.07. The van der Waals surface area contributed by atoms with E-state index in [1.54, 1.807) is 0 Å². The minimum atomic E-state index is -1.41. The summed E-state index contributed by atoms with van der Waals surface area (Å²) in [5.74, 6) is 0.756. The molecule has 4 rings (SSSR count). The molecule has 0 aliphatic heterocycles. The highest BCUT2D eigenvalue weighted by atomic mass is 79.9. The van der Waals surface area contributed by atoms with Crippen LogP contribution in [0.3, 0.4) is 0 Å². The van der Waals surface area contributed by atoms with Crippen molar-refractivity contribution in [1.29, 1.82) is 0 Å². The summed E-state index contributed by atoms with van der Waals surface area (Å²) in [6.07, 6.45) is 6.87. The van der Waals surface area contributed by atoms with Crippen LogP contribution in [0.1, 0.15) is 43.6 Å². The molecule has 0 nitrogen and oxygen atoms in total. The van der Waals surface area contributed by atoms with Crippen LogP contribution in [0.15, 0.2) is 99.6 Å². The van der Waals surface area contributed by atoms with Crippen LogP contribution in [0.4, 0.5) is 0 Å². The van der Waals surface area contributed by atoms with E-state index in [0.29, 0.717) is 0 Å². The van der Waals surface area contributed by atoms with Crippen molar-refractivity contribution in [3.8, 4) is 0 Å². The Morgan fingerprint density at radius 1 is 0.577 bits per heavy atom. The van der Waals surface area contributed by atoms with Gasteiger partial charge in [0.2, 0.25) is 0 Å². The monoisotopic (exact) mass is 424 g/mol. The molecule has 1 aliphatic carbocycles. The zero-order valence-electron chi connectivity index (χ0n) is 15.0. The molecule has 0 heterocycles. The van der Waals surface area contributed by atoms with Gasteiger partial charge in [0.05, 0.1) is 0 Å². The van der Waals surface area contributed by atoms with E-state index in [9.17, 15) is 0 Å². The maximum absolute atomic E-state index is 4.21. The first kappa shape index (κ1) is 17.9. The predicted molar refractivity (Wildman–Crippen MR) is 116 cm³/mol. The van der Waals surface area contributed by atoms with Crippen LogP contribution in [-0.4, -0.2) is 0 Å². The maximum Gasteiger partial charge on any atom is 0.00785 e. The molecule has 1 saturated carbocycles. The van der Waals surface area contributed by atoms with E-state index in [4.69, 9.17) is 0 Å². The highest BCUT2D eigenvalue weighted by Crippen LogP contribution is 2.73. The number of hydrogen-bond acceptors (Lipinski definition) is 0. The third-order valence-corrected chi connectivity index (χ3v) is 11.5. The van der Waals surface area contributed by atoms with Crippen LogP contribution in [-0.2, 0) is 0 Å². The third kappa shape index (κ3) is 3.50. The van der Waals surface area contributed by atoms with E-state index >= 15 is 0 Å². The summed E-state index contributed by atoms with van der Waals surface area (Å²) in [4.78, 5) is 4.06. The lowest BCUT2D eigenvalue weighted by atomic mass is 9.84. The molecule has 3 aromatic carbocycles. The van der Waals surface area contributed by atoms with Crippen molar-refractivity contribution in [2.45, 2.75) is 52.7 Å². The number of benzene rings is 3. The maximum atomic E-state index is 4.21. The molecular weight excluding hydrogens is 400 g/mol. The Morgan fingerprint density at radius 3 is 1.54 bits per heavy atom. The van der Waals surface area contributed by atoms with Gasteiger partial charge in [0.15, 0.2) is 0 Å². The van der Waals surface area contributed by atoms with E-state index in [1.807, 2.05) is 0 Å². The highest BCUT2D eigenvalue weighted by Gasteiger charge is 2.28. The Kier molecular flexibility index (Phi) is 5.52.